The second-order valence-electron chi connectivity index (χ2n) is 8.02. The molecule has 0 radical (unpaired) electrons. The predicted octanol–water partition coefficient (Wildman–Crippen LogP) is 3.36. The van der Waals surface area contributed by atoms with E-state index in [9.17, 15) is 14.4 Å². The lowest BCUT2D eigenvalue weighted by molar-refractivity contribution is 0.0915. The molecule has 0 atom stereocenters. The average molecular weight is 371 g/mol. The number of carbonyl (C=O) groups is 2. The van der Waals surface area contributed by atoms with E-state index < -0.39 is 5.91 Å². The topological polar surface area (TPSA) is 81.1 Å². The van der Waals surface area contributed by atoms with E-state index in [0.717, 1.165) is 24.2 Å². The number of fused-ring (bicyclic) bond motifs is 1. The van der Waals surface area contributed by atoms with Crippen molar-refractivity contribution >= 4 is 28.2 Å². The summed E-state index contributed by atoms with van der Waals surface area (Å²) in [5.41, 5.74) is 1.31. The average Bonchev–Trinajstić information content (AvgIpc) is 3.27. The van der Waals surface area contributed by atoms with E-state index in [-0.39, 0.29) is 22.2 Å². The summed E-state index contributed by atoms with van der Waals surface area (Å²) < 4.78 is 2.00. The van der Waals surface area contributed by atoms with Crippen LogP contribution in [0.25, 0.3) is 0 Å². The SMILES string of the molecule is Cc1cc(=O)c(C(=O)Nc2nc3c(s2)C(=O)CC(C)(C)C3)cn1C1CC1. The van der Waals surface area contributed by atoms with Crippen molar-refractivity contribution in [3.05, 3.63) is 44.3 Å². The Bertz CT molecular complexity index is 982. The van der Waals surface area contributed by atoms with Gasteiger partial charge in [-0.25, -0.2) is 4.98 Å². The molecule has 4 rings (SSSR count). The van der Waals surface area contributed by atoms with Crippen molar-refractivity contribution in [3.63, 3.8) is 0 Å². The zero-order valence-corrected chi connectivity index (χ0v) is 15.9. The van der Waals surface area contributed by atoms with Crippen LogP contribution in [-0.2, 0) is 6.42 Å². The van der Waals surface area contributed by atoms with Crippen LogP contribution in [0.1, 0.15) is 70.6 Å². The van der Waals surface area contributed by atoms with Crippen molar-refractivity contribution in [2.45, 2.75) is 52.5 Å². The van der Waals surface area contributed by atoms with Gasteiger partial charge in [0, 0.05) is 30.4 Å². The van der Waals surface area contributed by atoms with Gasteiger partial charge in [0.25, 0.3) is 5.91 Å². The van der Waals surface area contributed by atoms with Crippen LogP contribution in [0.4, 0.5) is 5.13 Å². The number of aromatic nitrogens is 2. The third-order valence-corrected chi connectivity index (χ3v) is 5.98. The fourth-order valence-corrected chi connectivity index (χ4v) is 4.42. The minimum Gasteiger partial charge on any atom is -0.348 e. The molecule has 2 aliphatic rings. The van der Waals surface area contributed by atoms with Gasteiger partial charge in [0.05, 0.1) is 10.6 Å². The number of aryl methyl sites for hydroxylation is 1. The van der Waals surface area contributed by atoms with E-state index in [4.69, 9.17) is 0 Å². The van der Waals surface area contributed by atoms with Gasteiger partial charge < -0.3 is 4.57 Å². The van der Waals surface area contributed by atoms with Crippen molar-refractivity contribution in [2.24, 2.45) is 5.41 Å². The molecule has 6 nitrogen and oxygen atoms in total. The third-order valence-electron chi connectivity index (χ3n) is 4.92. The Morgan fingerprint density at radius 2 is 2.04 bits per heavy atom. The van der Waals surface area contributed by atoms with Gasteiger partial charge in [-0.3, -0.25) is 19.7 Å². The number of Topliss-reactive ketones (excluding diaryl/α,β-unsaturated/α-hetero) is 1. The van der Waals surface area contributed by atoms with Crippen LogP contribution in [-0.4, -0.2) is 21.2 Å². The molecular weight excluding hydrogens is 350 g/mol. The monoisotopic (exact) mass is 371 g/mol. The first-order valence-electron chi connectivity index (χ1n) is 8.80. The summed E-state index contributed by atoms with van der Waals surface area (Å²) in [6.45, 7) is 5.96. The molecular formula is C19H21N3O3S. The Balaban J connectivity index is 1.61. The van der Waals surface area contributed by atoms with Gasteiger partial charge in [-0.05, 0) is 31.6 Å². The zero-order valence-electron chi connectivity index (χ0n) is 15.1. The van der Waals surface area contributed by atoms with Crippen molar-refractivity contribution < 1.29 is 9.59 Å². The van der Waals surface area contributed by atoms with Crippen LogP contribution in [0.5, 0.6) is 0 Å². The summed E-state index contributed by atoms with van der Waals surface area (Å²) in [6, 6.07) is 1.89. The quantitative estimate of drug-likeness (QED) is 0.897. The molecule has 0 aromatic carbocycles. The number of anilines is 1. The Hall–Kier alpha value is -2.28. The predicted molar refractivity (Wildman–Crippen MR) is 100 cm³/mol. The smallest absolute Gasteiger partial charge is 0.262 e. The second kappa shape index (κ2) is 5.87. The number of thiazole rings is 1. The highest BCUT2D eigenvalue weighted by Gasteiger charge is 2.34. The lowest BCUT2D eigenvalue weighted by Gasteiger charge is -2.26. The fraction of sp³-hybridized carbons (Fsp3) is 0.474. The summed E-state index contributed by atoms with van der Waals surface area (Å²) >= 11 is 1.20. The van der Waals surface area contributed by atoms with E-state index in [0.29, 0.717) is 28.9 Å². The largest absolute Gasteiger partial charge is 0.348 e. The fourth-order valence-electron chi connectivity index (χ4n) is 3.50. The van der Waals surface area contributed by atoms with E-state index in [2.05, 4.69) is 10.3 Å². The minimum absolute atomic E-state index is 0.0701. The summed E-state index contributed by atoms with van der Waals surface area (Å²) in [4.78, 5) is 42.2. The second-order valence-corrected chi connectivity index (χ2v) is 9.02. The van der Waals surface area contributed by atoms with Crippen LogP contribution < -0.4 is 10.7 Å². The summed E-state index contributed by atoms with van der Waals surface area (Å²) in [7, 11) is 0. The Morgan fingerprint density at radius 1 is 1.31 bits per heavy atom. The van der Waals surface area contributed by atoms with Crippen LogP contribution in [0.2, 0.25) is 0 Å². The highest BCUT2D eigenvalue weighted by Crippen LogP contribution is 2.38. The van der Waals surface area contributed by atoms with Crippen LogP contribution >= 0.6 is 11.3 Å². The van der Waals surface area contributed by atoms with Gasteiger partial charge in [0.1, 0.15) is 5.56 Å². The molecule has 1 saturated carbocycles. The minimum atomic E-state index is -0.470. The first-order valence-corrected chi connectivity index (χ1v) is 9.62. The molecule has 1 fully saturated rings. The van der Waals surface area contributed by atoms with Gasteiger partial charge in [-0.1, -0.05) is 25.2 Å². The number of carbonyl (C=O) groups excluding carboxylic acids is 2. The molecule has 1 N–H and O–H groups in total. The molecule has 2 aromatic rings. The van der Waals surface area contributed by atoms with Gasteiger partial charge in [0.15, 0.2) is 16.3 Å². The van der Waals surface area contributed by atoms with E-state index in [1.807, 2.05) is 25.3 Å². The van der Waals surface area contributed by atoms with Gasteiger partial charge in [0.2, 0.25) is 0 Å². The molecule has 2 aliphatic carbocycles. The normalized spacial score (nSPS) is 18.5. The molecule has 0 unspecified atom stereocenters. The maximum absolute atomic E-state index is 12.6. The molecule has 2 aromatic heterocycles. The van der Waals surface area contributed by atoms with Crippen molar-refractivity contribution in [2.75, 3.05) is 5.32 Å². The van der Waals surface area contributed by atoms with Crippen LogP contribution in [0.15, 0.2) is 17.1 Å². The number of amides is 1. The summed E-state index contributed by atoms with van der Waals surface area (Å²) in [5.74, 6) is -0.400. The number of hydrogen-bond donors (Lipinski definition) is 1. The molecule has 0 bridgehead atoms. The zero-order chi connectivity index (χ0) is 18.6. The number of ketones is 1. The molecule has 2 heterocycles. The Morgan fingerprint density at radius 3 is 2.73 bits per heavy atom. The number of nitrogens with one attached hydrogen (secondary N) is 1. The maximum atomic E-state index is 12.6. The molecule has 0 aliphatic heterocycles. The van der Waals surface area contributed by atoms with Crippen LogP contribution in [0.3, 0.4) is 0 Å². The molecule has 0 spiro atoms. The van der Waals surface area contributed by atoms with Crippen molar-refractivity contribution in [3.8, 4) is 0 Å². The first kappa shape index (κ1) is 17.1. The lowest BCUT2D eigenvalue weighted by atomic mass is 9.78. The van der Waals surface area contributed by atoms with Gasteiger partial charge >= 0.3 is 0 Å². The number of hydrogen-bond acceptors (Lipinski definition) is 5. The maximum Gasteiger partial charge on any atom is 0.262 e. The van der Waals surface area contributed by atoms with Gasteiger partial charge in [-0.2, -0.15) is 0 Å². The molecule has 7 heteroatoms. The van der Waals surface area contributed by atoms with Crippen LogP contribution in [0, 0.1) is 12.3 Å². The summed E-state index contributed by atoms with van der Waals surface area (Å²) in [5, 5.41) is 3.09. The molecule has 136 valence electrons. The van der Waals surface area contributed by atoms with E-state index in [1.54, 1.807) is 6.20 Å². The van der Waals surface area contributed by atoms with E-state index in [1.165, 1.54) is 17.4 Å². The van der Waals surface area contributed by atoms with Crippen molar-refractivity contribution in [1.82, 2.24) is 9.55 Å². The molecule has 0 saturated heterocycles. The summed E-state index contributed by atoms with van der Waals surface area (Å²) in [6.07, 6.45) is 4.98. The van der Waals surface area contributed by atoms with Gasteiger partial charge in [-0.15, -0.1) is 0 Å². The highest BCUT2D eigenvalue weighted by molar-refractivity contribution is 7.17. The molecule has 1 amide bonds. The highest BCUT2D eigenvalue weighted by atomic mass is 32.1. The number of pyridine rings is 1. The van der Waals surface area contributed by atoms with E-state index >= 15 is 0 Å². The standard InChI is InChI=1S/C19H21N3O3S/c1-10-6-14(23)12(9-22(10)11-4-5-11)17(25)21-18-20-13-7-19(2,3)8-15(24)16(13)26-18/h6,9,11H,4-5,7-8H2,1-3H3,(H,20,21,25). The molecule has 26 heavy (non-hydrogen) atoms. The first-order chi connectivity index (χ1) is 12.2. The lowest BCUT2D eigenvalue weighted by Crippen LogP contribution is -2.26. The number of rotatable bonds is 3. The number of nitrogens with zero attached hydrogens (tertiary/aromatic N) is 2. The Labute approximate surface area is 155 Å². The van der Waals surface area contributed by atoms with Crippen molar-refractivity contribution in [1.29, 1.82) is 0 Å². The Kier molecular flexibility index (Phi) is 3.87. The third kappa shape index (κ3) is 3.11.